The van der Waals surface area contributed by atoms with Gasteiger partial charge in [-0.3, -0.25) is 4.99 Å². The van der Waals surface area contributed by atoms with Gasteiger partial charge < -0.3 is 15.1 Å². The van der Waals surface area contributed by atoms with Crippen molar-refractivity contribution in [3.05, 3.63) is 52.5 Å². The third-order valence-electron chi connectivity index (χ3n) is 4.40. The van der Waals surface area contributed by atoms with Crippen LogP contribution in [-0.2, 0) is 6.42 Å². The van der Waals surface area contributed by atoms with E-state index in [0.29, 0.717) is 18.5 Å². The second kappa shape index (κ2) is 9.64. The van der Waals surface area contributed by atoms with Crippen molar-refractivity contribution in [1.29, 1.82) is 0 Å². The van der Waals surface area contributed by atoms with Crippen molar-refractivity contribution in [3.8, 4) is 0 Å². The predicted molar refractivity (Wildman–Crippen MR) is 110 cm³/mol. The first kappa shape index (κ1) is 19.5. The molecule has 3 rings (SSSR count). The van der Waals surface area contributed by atoms with E-state index in [1.54, 1.807) is 18.5 Å². The molecule has 2 heterocycles. The van der Waals surface area contributed by atoms with Gasteiger partial charge in [-0.25, -0.2) is 14.4 Å². The molecule has 6 nitrogen and oxygen atoms in total. The van der Waals surface area contributed by atoms with Gasteiger partial charge in [0.15, 0.2) is 5.96 Å². The Balaban J connectivity index is 1.58. The minimum atomic E-state index is -0.185. The molecule has 1 aliphatic heterocycles. The zero-order valence-corrected chi connectivity index (χ0v) is 17.0. The van der Waals surface area contributed by atoms with Gasteiger partial charge in [-0.05, 0) is 43.2 Å². The van der Waals surface area contributed by atoms with Gasteiger partial charge in [0.25, 0.3) is 0 Å². The number of aliphatic imine (C=N–C) groups is 1. The maximum absolute atomic E-state index is 13.9. The van der Waals surface area contributed by atoms with Crippen molar-refractivity contribution in [2.24, 2.45) is 4.99 Å². The van der Waals surface area contributed by atoms with Crippen LogP contribution in [0.1, 0.15) is 12.5 Å². The summed E-state index contributed by atoms with van der Waals surface area (Å²) in [7, 11) is 0. The Morgan fingerprint density at radius 3 is 2.67 bits per heavy atom. The normalized spacial score (nSPS) is 15.1. The lowest BCUT2D eigenvalue weighted by atomic mass is 10.1. The highest BCUT2D eigenvalue weighted by Crippen LogP contribution is 2.16. The fourth-order valence-electron chi connectivity index (χ4n) is 3.02. The smallest absolute Gasteiger partial charge is 0.225 e. The number of benzene rings is 1. The summed E-state index contributed by atoms with van der Waals surface area (Å²) in [6.07, 6.45) is 4.10. The maximum atomic E-state index is 13.9. The van der Waals surface area contributed by atoms with Crippen molar-refractivity contribution in [3.63, 3.8) is 0 Å². The lowest BCUT2D eigenvalue weighted by Gasteiger charge is -2.36. The van der Waals surface area contributed by atoms with Gasteiger partial charge in [-0.15, -0.1) is 0 Å². The molecule has 0 aliphatic carbocycles. The van der Waals surface area contributed by atoms with Crippen LogP contribution >= 0.6 is 15.9 Å². The zero-order chi connectivity index (χ0) is 19.1. The topological polar surface area (TPSA) is 56.7 Å². The minimum absolute atomic E-state index is 0.185. The first-order valence-electron chi connectivity index (χ1n) is 9.16. The number of nitrogens with one attached hydrogen (secondary N) is 1. The summed E-state index contributed by atoms with van der Waals surface area (Å²) in [5.41, 5.74) is 0.676. The average Bonchev–Trinajstić information content (AvgIpc) is 2.71. The molecule has 27 heavy (non-hydrogen) atoms. The van der Waals surface area contributed by atoms with E-state index >= 15 is 0 Å². The molecule has 0 saturated carbocycles. The molecule has 1 saturated heterocycles. The van der Waals surface area contributed by atoms with Crippen molar-refractivity contribution in [2.75, 3.05) is 44.2 Å². The maximum Gasteiger partial charge on any atom is 0.225 e. The number of anilines is 1. The Labute approximate surface area is 167 Å². The van der Waals surface area contributed by atoms with Crippen molar-refractivity contribution in [2.45, 2.75) is 13.3 Å². The number of rotatable bonds is 5. The molecule has 0 spiro atoms. The number of hydrogen-bond donors (Lipinski definition) is 1. The average molecular weight is 435 g/mol. The van der Waals surface area contributed by atoms with Gasteiger partial charge in [0.1, 0.15) is 5.82 Å². The van der Waals surface area contributed by atoms with Crippen LogP contribution < -0.4 is 10.2 Å². The Kier molecular flexibility index (Phi) is 6.98. The van der Waals surface area contributed by atoms with Gasteiger partial charge in [0.2, 0.25) is 5.95 Å². The fourth-order valence-corrected chi connectivity index (χ4v) is 3.42. The van der Waals surface area contributed by atoms with Crippen LogP contribution in [0, 0.1) is 5.82 Å². The molecule has 1 aromatic heterocycles. The minimum Gasteiger partial charge on any atom is -0.357 e. The molecule has 0 bridgehead atoms. The van der Waals surface area contributed by atoms with Gasteiger partial charge in [0.05, 0.1) is 0 Å². The summed E-state index contributed by atoms with van der Waals surface area (Å²) < 4.78 is 14.8. The Morgan fingerprint density at radius 2 is 1.96 bits per heavy atom. The first-order valence-corrected chi connectivity index (χ1v) is 9.96. The van der Waals surface area contributed by atoms with E-state index in [-0.39, 0.29) is 5.82 Å². The largest absolute Gasteiger partial charge is 0.357 e. The van der Waals surface area contributed by atoms with Crippen LogP contribution in [0.5, 0.6) is 0 Å². The molecule has 2 aromatic rings. The van der Waals surface area contributed by atoms with Gasteiger partial charge in [0, 0.05) is 56.1 Å². The van der Waals surface area contributed by atoms with E-state index < -0.39 is 0 Å². The molecule has 1 N–H and O–H groups in total. The summed E-state index contributed by atoms with van der Waals surface area (Å²) in [5.74, 6) is 1.46. The van der Waals surface area contributed by atoms with Crippen molar-refractivity contribution < 1.29 is 4.39 Å². The predicted octanol–water partition coefficient (Wildman–Crippen LogP) is 2.71. The summed E-state index contributed by atoms with van der Waals surface area (Å²) in [6, 6.07) is 6.83. The fraction of sp³-hybridized carbons (Fsp3) is 0.421. The highest BCUT2D eigenvalue weighted by Gasteiger charge is 2.21. The van der Waals surface area contributed by atoms with Crippen LogP contribution in [0.15, 0.2) is 46.1 Å². The summed E-state index contributed by atoms with van der Waals surface area (Å²) in [6.45, 7) is 6.76. The Hall–Kier alpha value is -2.22. The molecule has 0 unspecified atom stereocenters. The highest BCUT2D eigenvalue weighted by molar-refractivity contribution is 9.10. The first-order chi connectivity index (χ1) is 13.2. The van der Waals surface area contributed by atoms with Crippen LogP contribution in [0.4, 0.5) is 10.3 Å². The SMILES string of the molecule is CCNC(=NCCc1cc(Br)ccc1F)N1CCN(c2ncccn2)CC1. The monoisotopic (exact) mass is 434 g/mol. The third kappa shape index (κ3) is 5.38. The van der Waals surface area contributed by atoms with E-state index in [0.717, 1.165) is 49.1 Å². The Bertz CT molecular complexity index is 762. The third-order valence-corrected chi connectivity index (χ3v) is 4.89. The van der Waals surface area contributed by atoms with Crippen LogP contribution in [0.3, 0.4) is 0 Å². The second-order valence-corrected chi connectivity index (χ2v) is 7.16. The molecule has 144 valence electrons. The van der Waals surface area contributed by atoms with E-state index in [1.165, 1.54) is 6.07 Å². The van der Waals surface area contributed by atoms with Crippen LogP contribution in [0.2, 0.25) is 0 Å². The number of nitrogens with zero attached hydrogens (tertiary/aromatic N) is 5. The molecule has 1 fully saturated rings. The van der Waals surface area contributed by atoms with Gasteiger partial charge >= 0.3 is 0 Å². The van der Waals surface area contributed by atoms with Crippen molar-refractivity contribution in [1.82, 2.24) is 20.2 Å². The van der Waals surface area contributed by atoms with Crippen LogP contribution in [-0.4, -0.2) is 60.1 Å². The molecule has 0 radical (unpaired) electrons. The summed E-state index contributed by atoms with van der Waals surface area (Å²) in [4.78, 5) is 17.8. The molecular formula is C19H24BrFN6. The highest BCUT2D eigenvalue weighted by atomic mass is 79.9. The number of aromatic nitrogens is 2. The molecular weight excluding hydrogens is 411 g/mol. The molecule has 0 amide bonds. The van der Waals surface area contributed by atoms with Crippen molar-refractivity contribution >= 4 is 27.8 Å². The summed E-state index contributed by atoms with van der Waals surface area (Å²) >= 11 is 3.39. The van der Waals surface area contributed by atoms with Crippen LogP contribution in [0.25, 0.3) is 0 Å². The van der Waals surface area contributed by atoms with E-state index in [9.17, 15) is 4.39 Å². The van der Waals surface area contributed by atoms with E-state index in [1.807, 2.05) is 12.1 Å². The molecule has 1 aromatic carbocycles. The molecule has 8 heteroatoms. The lowest BCUT2D eigenvalue weighted by molar-refractivity contribution is 0.370. The quantitative estimate of drug-likeness (QED) is 0.578. The van der Waals surface area contributed by atoms with Gasteiger partial charge in [-0.2, -0.15) is 0 Å². The second-order valence-electron chi connectivity index (χ2n) is 6.24. The molecule has 1 aliphatic rings. The number of piperazine rings is 1. The number of hydrogen-bond acceptors (Lipinski definition) is 4. The summed E-state index contributed by atoms with van der Waals surface area (Å²) in [5, 5.41) is 3.34. The number of guanidine groups is 1. The Morgan fingerprint density at radius 1 is 1.22 bits per heavy atom. The zero-order valence-electron chi connectivity index (χ0n) is 15.4. The van der Waals surface area contributed by atoms with Gasteiger partial charge in [-0.1, -0.05) is 15.9 Å². The number of halogens is 2. The molecule has 0 atom stereocenters. The standard InChI is InChI=1S/C19H24BrFN6/c1-2-22-18(25-9-6-15-14-16(20)4-5-17(15)21)26-10-12-27(13-11-26)19-23-7-3-8-24-19/h3-5,7-8,14H,2,6,9-13H2,1H3,(H,22,25). The van der Waals surface area contributed by atoms with E-state index in [4.69, 9.17) is 4.99 Å². The lowest BCUT2D eigenvalue weighted by Crippen LogP contribution is -2.53. The van der Waals surface area contributed by atoms with E-state index in [2.05, 4.69) is 47.9 Å².